The summed E-state index contributed by atoms with van der Waals surface area (Å²) in [5, 5.41) is 3.29. The monoisotopic (exact) mass is 281 g/mol. The Morgan fingerprint density at radius 2 is 2.00 bits per heavy atom. The number of rotatable bonds is 8. The standard InChI is InChI=1S/C16H27NOS/c1-6-18-16-8-7-14(13(4)17-5)9-15(16)11-19-10-12(2)3/h7-9,12-13,17H,6,10-11H2,1-5H3. The van der Waals surface area contributed by atoms with E-state index in [1.807, 2.05) is 25.7 Å². The van der Waals surface area contributed by atoms with Crippen LogP contribution in [0.5, 0.6) is 5.75 Å². The van der Waals surface area contributed by atoms with Crippen LogP contribution in [-0.2, 0) is 5.75 Å². The minimum atomic E-state index is 0.379. The van der Waals surface area contributed by atoms with Gasteiger partial charge in [0.1, 0.15) is 5.75 Å². The highest BCUT2D eigenvalue weighted by Gasteiger charge is 2.09. The van der Waals surface area contributed by atoms with Crippen molar-refractivity contribution in [3.05, 3.63) is 29.3 Å². The normalized spacial score (nSPS) is 12.7. The molecule has 0 fully saturated rings. The van der Waals surface area contributed by atoms with Gasteiger partial charge in [-0.1, -0.05) is 19.9 Å². The van der Waals surface area contributed by atoms with E-state index in [9.17, 15) is 0 Å². The van der Waals surface area contributed by atoms with E-state index in [-0.39, 0.29) is 0 Å². The van der Waals surface area contributed by atoms with Crippen LogP contribution in [0.25, 0.3) is 0 Å². The van der Waals surface area contributed by atoms with E-state index in [1.165, 1.54) is 16.9 Å². The molecule has 0 radical (unpaired) electrons. The fourth-order valence-electron chi connectivity index (χ4n) is 1.85. The number of nitrogens with one attached hydrogen (secondary N) is 1. The number of ether oxygens (including phenoxy) is 1. The molecule has 0 amide bonds. The molecule has 0 aromatic heterocycles. The van der Waals surface area contributed by atoms with Gasteiger partial charge in [-0.3, -0.25) is 0 Å². The third-order valence-corrected chi connectivity index (χ3v) is 4.44. The van der Waals surface area contributed by atoms with Crippen molar-refractivity contribution in [2.24, 2.45) is 5.92 Å². The third-order valence-electron chi connectivity index (χ3n) is 3.03. The molecule has 0 spiro atoms. The van der Waals surface area contributed by atoms with Gasteiger partial charge in [0.25, 0.3) is 0 Å². The lowest BCUT2D eigenvalue weighted by molar-refractivity contribution is 0.337. The lowest BCUT2D eigenvalue weighted by Gasteiger charge is -2.16. The zero-order chi connectivity index (χ0) is 14.3. The fraction of sp³-hybridized carbons (Fsp3) is 0.625. The van der Waals surface area contributed by atoms with E-state index >= 15 is 0 Å². The van der Waals surface area contributed by atoms with Gasteiger partial charge in [-0.25, -0.2) is 0 Å². The molecule has 0 heterocycles. The summed E-state index contributed by atoms with van der Waals surface area (Å²) in [6.07, 6.45) is 0. The van der Waals surface area contributed by atoms with Crippen LogP contribution in [0.1, 0.15) is 44.9 Å². The molecule has 0 aliphatic heterocycles. The minimum Gasteiger partial charge on any atom is -0.494 e. The summed E-state index contributed by atoms with van der Waals surface area (Å²) in [5.41, 5.74) is 2.64. The molecular weight excluding hydrogens is 254 g/mol. The highest BCUT2D eigenvalue weighted by atomic mass is 32.2. The van der Waals surface area contributed by atoms with Crippen LogP contribution in [0, 0.1) is 5.92 Å². The van der Waals surface area contributed by atoms with Gasteiger partial charge in [0.15, 0.2) is 0 Å². The Morgan fingerprint density at radius 1 is 1.26 bits per heavy atom. The quantitative estimate of drug-likeness (QED) is 0.769. The molecule has 0 saturated heterocycles. The summed E-state index contributed by atoms with van der Waals surface area (Å²) in [6.45, 7) is 9.46. The smallest absolute Gasteiger partial charge is 0.123 e. The summed E-state index contributed by atoms with van der Waals surface area (Å²) in [7, 11) is 1.99. The number of thioether (sulfide) groups is 1. The Balaban J connectivity index is 2.82. The molecule has 1 N–H and O–H groups in total. The summed E-state index contributed by atoms with van der Waals surface area (Å²) in [4.78, 5) is 0. The van der Waals surface area contributed by atoms with Gasteiger partial charge < -0.3 is 10.1 Å². The van der Waals surface area contributed by atoms with Crippen molar-refractivity contribution in [1.29, 1.82) is 0 Å². The molecule has 1 rings (SSSR count). The maximum absolute atomic E-state index is 5.73. The molecule has 108 valence electrons. The van der Waals surface area contributed by atoms with Gasteiger partial charge in [-0.05, 0) is 50.3 Å². The van der Waals surface area contributed by atoms with Crippen LogP contribution < -0.4 is 10.1 Å². The second kappa shape index (κ2) is 8.49. The van der Waals surface area contributed by atoms with Crippen LogP contribution in [0.3, 0.4) is 0 Å². The van der Waals surface area contributed by atoms with Crippen LogP contribution in [0.2, 0.25) is 0 Å². The Bertz CT molecular complexity index is 379. The molecule has 0 bridgehead atoms. The second-order valence-electron chi connectivity index (χ2n) is 5.22. The first-order chi connectivity index (χ1) is 9.08. The lowest BCUT2D eigenvalue weighted by atomic mass is 10.1. The predicted molar refractivity (Wildman–Crippen MR) is 86.1 cm³/mol. The number of benzene rings is 1. The lowest BCUT2D eigenvalue weighted by Crippen LogP contribution is -2.12. The average Bonchev–Trinajstić information content (AvgIpc) is 2.39. The molecule has 19 heavy (non-hydrogen) atoms. The maximum Gasteiger partial charge on any atom is 0.123 e. The Hall–Kier alpha value is -0.670. The Labute approximate surface area is 122 Å². The first-order valence-electron chi connectivity index (χ1n) is 7.09. The first-order valence-corrected chi connectivity index (χ1v) is 8.24. The van der Waals surface area contributed by atoms with Crippen molar-refractivity contribution in [2.45, 2.75) is 39.5 Å². The van der Waals surface area contributed by atoms with Crippen molar-refractivity contribution in [3.8, 4) is 5.75 Å². The average molecular weight is 281 g/mol. The van der Waals surface area contributed by atoms with Crippen LogP contribution in [0.15, 0.2) is 18.2 Å². The summed E-state index contributed by atoms with van der Waals surface area (Å²) >= 11 is 1.98. The van der Waals surface area contributed by atoms with Crippen molar-refractivity contribution in [2.75, 3.05) is 19.4 Å². The molecule has 3 heteroatoms. The van der Waals surface area contributed by atoms with Gasteiger partial charge in [-0.2, -0.15) is 11.8 Å². The maximum atomic E-state index is 5.73. The molecule has 1 aromatic carbocycles. The predicted octanol–water partition coefficient (Wildman–Crippen LogP) is 4.25. The summed E-state index contributed by atoms with van der Waals surface area (Å²) in [6, 6.07) is 6.92. The first kappa shape index (κ1) is 16.4. The van der Waals surface area contributed by atoms with Crippen LogP contribution in [0.4, 0.5) is 0 Å². The molecule has 0 aliphatic rings. The molecule has 0 aliphatic carbocycles. The summed E-state index contributed by atoms with van der Waals surface area (Å²) < 4.78 is 5.73. The molecule has 2 nitrogen and oxygen atoms in total. The Kier molecular flexibility index (Phi) is 7.32. The van der Waals surface area contributed by atoms with Crippen molar-refractivity contribution < 1.29 is 4.74 Å². The topological polar surface area (TPSA) is 21.3 Å². The van der Waals surface area contributed by atoms with Gasteiger partial charge in [0.05, 0.1) is 6.61 Å². The van der Waals surface area contributed by atoms with Gasteiger partial charge >= 0.3 is 0 Å². The molecule has 1 aromatic rings. The molecule has 1 atom stereocenters. The number of hydrogen-bond donors (Lipinski definition) is 1. The SMILES string of the molecule is CCOc1ccc(C(C)NC)cc1CSCC(C)C. The zero-order valence-corrected chi connectivity index (χ0v) is 13.6. The van der Waals surface area contributed by atoms with Crippen LogP contribution >= 0.6 is 11.8 Å². The van der Waals surface area contributed by atoms with E-state index in [1.54, 1.807) is 0 Å². The van der Waals surface area contributed by atoms with E-state index in [0.29, 0.717) is 6.04 Å². The van der Waals surface area contributed by atoms with Crippen LogP contribution in [-0.4, -0.2) is 19.4 Å². The van der Waals surface area contributed by atoms with E-state index < -0.39 is 0 Å². The minimum absolute atomic E-state index is 0.379. The van der Waals surface area contributed by atoms with Crippen molar-refractivity contribution in [1.82, 2.24) is 5.32 Å². The van der Waals surface area contributed by atoms with Crippen molar-refractivity contribution in [3.63, 3.8) is 0 Å². The van der Waals surface area contributed by atoms with Gasteiger partial charge in [0, 0.05) is 17.4 Å². The fourth-order valence-corrected chi connectivity index (χ4v) is 2.88. The molecule has 0 saturated carbocycles. The largest absolute Gasteiger partial charge is 0.494 e. The second-order valence-corrected chi connectivity index (χ2v) is 6.25. The summed E-state index contributed by atoms with van der Waals surface area (Å²) in [5.74, 6) is 3.99. The Morgan fingerprint density at radius 3 is 2.58 bits per heavy atom. The number of hydrogen-bond acceptors (Lipinski definition) is 3. The van der Waals surface area contributed by atoms with E-state index in [2.05, 4.69) is 44.3 Å². The van der Waals surface area contributed by atoms with E-state index in [4.69, 9.17) is 4.74 Å². The highest BCUT2D eigenvalue weighted by Crippen LogP contribution is 2.27. The van der Waals surface area contributed by atoms with Gasteiger partial charge in [-0.15, -0.1) is 0 Å². The molecular formula is C16H27NOS. The van der Waals surface area contributed by atoms with Gasteiger partial charge in [0.2, 0.25) is 0 Å². The van der Waals surface area contributed by atoms with E-state index in [0.717, 1.165) is 24.0 Å². The highest BCUT2D eigenvalue weighted by molar-refractivity contribution is 7.98. The zero-order valence-electron chi connectivity index (χ0n) is 12.8. The molecule has 1 unspecified atom stereocenters. The van der Waals surface area contributed by atoms with Crippen molar-refractivity contribution >= 4 is 11.8 Å². The third kappa shape index (κ3) is 5.45.